The van der Waals surface area contributed by atoms with Crippen molar-refractivity contribution in [2.24, 2.45) is 0 Å². The number of fused-ring (bicyclic) bond motifs is 2. The number of nitrogens with zero attached hydrogens (tertiary/aromatic N) is 5. The molecule has 1 N–H and O–H groups in total. The second-order valence-corrected chi connectivity index (χ2v) is 11.8. The highest BCUT2D eigenvalue weighted by Crippen LogP contribution is 2.26. The molecule has 1 saturated heterocycles. The van der Waals surface area contributed by atoms with E-state index in [0.29, 0.717) is 13.1 Å². The van der Waals surface area contributed by atoms with Gasteiger partial charge >= 0.3 is 0 Å². The van der Waals surface area contributed by atoms with Gasteiger partial charge in [0.15, 0.2) is 9.84 Å². The Balaban J connectivity index is 1.16. The van der Waals surface area contributed by atoms with Crippen LogP contribution in [0.1, 0.15) is 11.1 Å². The first kappa shape index (κ1) is 23.6. The van der Waals surface area contributed by atoms with Crippen LogP contribution in [0, 0.1) is 0 Å². The van der Waals surface area contributed by atoms with Crippen LogP contribution in [0.5, 0.6) is 0 Å². The maximum absolute atomic E-state index is 11.7. The van der Waals surface area contributed by atoms with Gasteiger partial charge in [0, 0.05) is 36.1 Å². The Morgan fingerprint density at radius 3 is 2.57 bits per heavy atom. The quantitative estimate of drug-likeness (QED) is 0.352. The predicted octanol–water partition coefficient (Wildman–Crippen LogP) is 4.04. The van der Waals surface area contributed by atoms with Crippen molar-refractivity contribution in [3.8, 4) is 0 Å². The number of anilines is 2. The fourth-order valence-electron chi connectivity index (χ4n) is 4.80. The van der Waals surface area contributed by atoms with Gasteiger partial charge in [0.05, 0.1) is 35.3 Å². The average molecular weight is 513 g/mol. The summed E-state index contributed by atoms with van der Waals surface area (Å²) in [5.74, 6) is 1.27. The summed E-state index contributed by atoms with van der Waals surface area (Å²) in [6, 6.07) is 22.8. The molecule has 2 aromatic heterocycles. The minimum absolute atomic E-state index is 0.257. The smallest absolute Gasteiger partial charge is 0.152 e. The Labute approximate surface area is 215 Å². The van der Waals surface area contributed by atoms with Crippen molar-refractivity contribution >= 4 is 43.1 Å². The van der Waals surface area contributed by atoms with E-state index in [1.54, 1.807) is 6.33 Å². The summed E-state index contributed by atoms with van der Waals surface area (Å²) in [5, 5.41) is 10.1. The van der Waals surface area contributed by atoms with Gasteiger partial charge in [0.1, 0.15) is 12.1 Å². The lowest BCUT2D eigenvalue weighted by Crippen LogP contribution is -2.41. The molecule has 0 amide bonds. The number of aromatic nitrogens is 4. The van der Waals surface area contributed by atoms with Gasteiger partial charge in [-0.2, -0.15) is 5.10 Å². The van der Waals surface area contributed by atoms with E-state index < -0.39 is 9.84 Å². The van der Waals surface area contributed by atoms with Crippen LogP contribution >= 0.6 is 0 Å². The topological polar surface area (TPSA) is 93.0 Å². The molecule has 8 nitrogen and oxygen atoms in total. The molecule has 3 heterocycles. The van der Waals surface area contributed by atoms with E-state index in [1.807, 2.05) is 35.1 Å². The number of benzene rings is 3. The maximum Gasteiger partial charge on any atom is 0.152 e. The molecular weight excluding hydrogens is 484 g/mol. The second kappa shape index (κ2) is 9.91. The Bertz CT molecular complexity index is 1650. The molecule has 5 aromatic rings. The van der Waals surface area contributed by atoms with Crippen LogP contribution in [0.4, 0.5) is 11.5 Å². The Morgan fingerprint density at radius 2 is 1.73 bits per heavy atom. The third kappa shape index (κ3) is 5.33. The highest BCUT2D eigenvalue weighted by Gasteiger charge is 2.21. The molecule has 0 spiro atoms. The SMILES string of the molecule is O=S1(=O)CCN(CCc2ccc3c(Nc4ccc5c(cnn5Cc5ccccc5)c4)ncnc3c2)CC1. The van der Waals surface area contributed by atoms with Crippen LogP contribution in [-0.2, 0) is 22.8 Å². The molecule has 0 unspecified atom stereocenters. The third-order valence-electron chi connectivity index (χ3n) is 6.93. The first-order chi connectivity index (χ1) is 18.0. The lowest BCUT2D eigenvalue weighted by atomic mass is 10.1. The molecule has 37 heavy (non-hydrogen) atoms. The van der Waals surface area contributed by atoms with Crippen molar-refractivity contribution in [2.45, 2.75) is 13.0 Å². The van der Waals surface area contributed by atoms with Gasteiger partial charge in [-0.25, -0.2) is 18.4 Å². The zero-order valence-electron chi connectivity index (χ0n) is 20.4. The fourth-order valence-corrected chi connectivity index (χ4v) is 6.08. The molecular formula is C28H28N6O2S. The van der Waals surface area contributed by atoms with Crippen molar-refractivity contribution in [2.75, 3.05) is 36.5 Å². The van der Waals surface area contributed by atoms with Crippen molar-refractivity contribution in [3.63, 3.8) is 0 Å². The third-order valence-corrected chi connectivity index (χ3v) is 8.54. The summed E-state index contributed by atoms with van der Waals surface area (Å²) in [6.45, 7) is 2.80. The number of hydrogen-bond donors (Lipinski definition) is 1. The van der Waals surface area contributed by atoms with Crippen molar-refractivity contribution < 1.29 is 8.42 Å². The molecule has 0 atom stereocenters. The van der Waals surface area contributed by atoms with E-state index in [2.05, 4.69) is 67.7 Å². The molecule has 188 valence electrons. The van der Waals surface area contributed by atoms with Gasteiger partial charge in [-0.1, -0.05) is 36.4 Å². The summed E-state index contributed by atoms with van der Waals surface area (Å²) >= 11 is 0. The molecule has 1 fully saturated rings. The van der Waals surface area contributed by atoms with Crippen LogP contribution in [0.15, 0.2) is 79.3 Å². The van der Waals surface area contributed by atoms with E-state index >= 15 is 0 Å². The van der Waals surface area contributed by atoms with Gasteiger partial charge < -0.3 is 10.2 Å². The van der Waals surface area contributed by atoms with Crippen LogP contribution in [0.25, 0.3) is 21.8 Å². The Morgan fingerprint density at radius 1 is 0.892 bits per heavy atom. The zero-order valence-corrected chi connectivity index (χ0v) is 21.2. The highest BCUT2D eigenvalue weighted by molar-refractivity contribution is 7.91. The lowest BCUT2D eigenvalue weighted by molar-refractivity contribution is 0.299. The van der Waals surface area contributed by atoms with E-state index in [9.17, 15) is 8.42 Å². The van der Waals surface area contributed by atoms with Gasteiger partial charge in [-0.15, -0.1) is 0 Å². The molecule has 0 aliphatic carbocycles. The summed E-state index contributed by atoms with van der Waals surface area (Å²) in [5.41, 5.74) is 5.30. The van der Waals surface area contributed by atoms with Crippen LogP contribution in [0.3, 0.4) is 0 Å². The Kier molecular flexibility index (Phi) is 6.31. The lowest BCUT2D eigenvalue weighted by Gasteiger charge is -2.26. The predicted molar refractivity (Wildman–Crippen MR) is 147 cm³/mol. The number of sulfone groups is 1. The molecule has 0 radical (unpaired) electrons. The average Bonchev–Trinajstić information content (AvgIpc) is 3.30. The fraction of sp³-hybridized carbons (Fsp3) is 0.250. The monoisotopic (exact) mass is 512 g/mol. The van der Waals surface area contributed by atoms with E-state index in [1.165, 1.54) is 11.1 Å². The molecule has 3 aromatic carbocycles. The number of hydrogen-bond acceptors (Lipinski definition) is 7. The van der Waals surface area contributed by atoms with Crippen LogP contribution in [0.2, 0.25) is 0 Å². The number of rotatable bonds is 7. The first-order valence-corrected chi connectivity index (χ1v) is 14.3. The normalized spacial score (nSPS) is 15.8. The van der Waals surface area contributed by atoms with Gasteiger partial charge in [0.25, 0.3) is 0 Å². The molecule has 0 bridgehead atoms. The second-order valence-electron chi connectivity index (χ2n) is 9.50. The summed E-state index contributed by atoms with van der Waals surface area (Å²) in [4.78, 5) is 11.2. The largest absolute Gasteiger partial charge is 0.340 e. The van der Waals surface area contributed by atoms with Gasteiger partial charge in [0.2, 0.25) is 0 Å². The van der Waals surface area contributed by atoms with Crippen molar-refractivity contribution in [3.05, 3.63) is 90.4 Å². The number of nitrogens with one attached hydrogen (secondary N) is 1. The minimum atomic E-state index is -2.85. The maximum atomic E-state index is 11.7. The Hall–Kier alpha value is -3.82. The molecule has 0 saturated carbocycles. The first-order valence-electron chi connectivity index (χ1n) is 12.5. The molecule has 6 rings (SSSR count). The molecule has 1 aliphatic heterocycles. The van der Waals surface area contributed by atoms with E-state index in [0.717, 1.165) is 52.8 Å². The van der Waals surface area contributed by atoms with E-state index in [-0.39, 0.29) is 11.5 Å². The summed E-state index contributed by atoms with van der Waals surface area (Å²) in [6.07, 6.45) is 4.33. The van der Waals surface area contributed by atoms with Crippen molar-refractivity contribution in [1.29, 1.82) is 0 Å². The summed E-state index contributed by atoms with van der Waals surface area (Å²) in [7, 11) is -2.85. The zero-order chi connectivity index (χ0) is 25.2. The minimum Gasteiger partial charge on any atom is -0.340 e. The van der Waals surface area contributed by atoms with E-state index in [4.69, 9.17) is 0 Å². The van der Waals surface area contributed by atoms with Crippen molar-refractivity contribution in [1.82, 2.24) is 24.6 Å². The highest BCUT2D eigenvalue weighted by atomic mass is 32.2. The standard InChI is InChI=1S/C28H28N6O2S/c35-37(36)14-12-33(13-15-37)11-10-21-6-8-25-26(16-21)29-20-30-28(25)32-24-7-9-27-23(17-24)18-31-34(27)19-22-4-2-1-3-5-22/h1-9,16-18,20H,10-15,19H2,(H,29,30,32). The molecule has 9 heteroatoms. The summed E-state index contributed by atoms with van der Waals surface area (Å²) < 4.78 is 25.3. The van der Waals surface area contributed by atoms with Gasteiger partial charge in [-0.05, 0) is 47.9 Å². The van der Waals surface area contributed by atoms with Crippen LogP contribution < -0.4 is 5.32 Å². The van der Waals surface area contributed by atoms with Gasteiger partial charge in [-0.3, -0.25) is 4.68 Å². The van der Waals surface area contributed by atoms with Crippen LogP contribution in [-0.4, -0.2) is 64.2 Å². The molecule has 1 aliphatic rings.